The molecule has 0 saturated heterocycles. The van der Waals surface area contributed by atoms with E-state index in [0.29, 0.717) is 0 Å². The van der Waals surface area contributed by atoms with Crippen molar-refractivity contribution in [2.24, 2.45) is 0 Å². The van der Waals surface area contributed by atoms with Crippen molar-refractivity contribution in [3.05, 3.63) is 64.0 Å². The molecule has 0 bridgehead atoms. The van der Waals surface area contributed by atoms with Crippen LogP contribution in [0.5, 0.6) is 0 Å². The molecule has 1 heterocycles. The minimum Gasteiger partial charge on any atom is -0.403 e. The first-order valence-corrected chi connectivity index (χ1v) is 6.24. The summed E-state index contributed by atoms with van der Waals surface area (Å²) >= 11 is 0. The molecule has 0 N–H and O–H groups in total. The maximum Gasteiger partial charge on any atom is 0.418 e. The number of alkyl halides is 3. The van der Waals surface area contributed by atoms with Crippen LogP contribution in [0.2, 0.25) is 0 Å². The highest BCUT2D eigenvalue weighted by Crippen LogP contribution is 2.34. The second kappa shape index (κ2) is 5.15. The molecule has 2 aromatic carbocycles. The van der Waals surface area contributed by atoms with Gasteiger partial charge in [0.15, 0.2) is 0 Å². The number of hydrogen-bond acceptors (Lipinski definition) is 3. The first-order chi connectivity index (χ1) is 10.8. The standard InChI is InChI=1S/C15H6F5NO2/c16-9-5-2-6-10(17)11(9)13-21-12-7(14(22)23-13)3-1-4-8(12)15(18,19)20/h1-6H. The van der Waals surface area contributed by atoms with Gasteiger partial charge in [0.05, 0.1) is 16.5 Å². The van der Waals surface area contributed by atoms with E-state index in [1.165, 1.54) is 0 Å². The Morgan fingerprint density at radius 3 is 2.17 bits per heavy atom. The zero-order chi connectivity index (χ0) is 16.8. The van der Waals surface area contributed by atoms with Crippen molar-refractivity contribution >= 4 is 10.9 Å². The topological polar surface area (TPSA) is 43.1 Å². The van der Waals surface area contributed by atoms with Crippen LogP contribution < -0.4 is 5.63 Å². The molecule has 0 fully saturated rings. The van der Waals surface area contributed by atoms with Crippen molar-refractivity contribution in [3.63, 3.8) is 0 Å². The van der Waals surface area contributed by atoms with Crippen molar-refractivity contribution in [2.75, 3.05) is 0 Å². The monoisotopic (exact) mass is 327 g/mol. The highest BCUT2D eigenvalue weighted by atomic mass is 19.4. The summed E-state index contributed by atoms with van der Waals surface area (Å²) in [6.45, 7) is 0. The number of halogens is 5. The molecule has 3 nitrogen and oxygen atoms in total. The maximum absolute atomic E-state index is 13.7. The van der Waals surface area contributed by atoms with Crippen LogP contribution >= 0.6 is 0 Å². The van der Waals surface area contributed by atoms with E-state index in [1.807, 2.05) is 0 Å². The molecule has 0 atom stereocenters. The molecule has 0 amide bonds. The summed E-state index contributed by atoms with van der Waals surface area (Å²) in [4.78, 5) is 15.4. The predicted octanol–water partition coefficient (Wildman–Crippen LogP) is 4.15. The van der Waals surface area contributed by atoms with Crippen LogP contribution in [0.25, 0.3) is 22.4 Å². The first kappa shape index (κ1) is 15.1. The van der Waals surface area contributed by atoms with Crippen LogP contribution in [0, 0.1) is 11.6 Å². The Morgan fingerprint density at radius 2 is 1.57 bits per heavy atom. The zero-order valence-electron chi connectivity index (χ0n) is 11.1. The van der Waals surface area contributed by atoms with E-state index in [1.54, 1.807) is 0 Å². The van der Waals surface area contributed by atoms with Gasteiger partial charge in [-0.1, -0.05) is 12.1 Å². The molecule has 1 aromatic heterocycles. The molecule has 0 saturated carbocycles. The van der Waals surface area contributed by atoms with Crippen molar-refractivity contribution in [1.82, 2.24) is 4.98 Å². The number of para-hydroxylation sites is 1. The van der Waals surface area contributed by atoms with Crippen LogP contribution in [0.1, 0.15) is 5.56 Å². The van der Waals surface area contributed by atoms with Crippen LogP contribution in [0.4, 0.5) is 22.0 Å². The van der Waals surface area contributed by atoms with Crippen molar-refractivity contribution < 1.29 is 26.4 Å². The summed E-state index contributed by atoms with van der Waals surface area (Å²) in [6.07, 6.45) is -4.79. The number of hydrogen-bond donors (Lipinski definition) is 0. The van der Waals surface area contributed by atoms with Crippen LogP contribution in [0.3, 0.4) is 0 Å². The van der Waals surface area contributed by atoms with Gasteiger partial charge in [0.25, 0.3) is 0 Å². The molecule has 8 heteroatoms. The summed E-state index contributed by atoms with van der Waals surface area (Å²) in [6, 6.07) is 5.64. The second-order valence-electron chi connectivity index (χ2n) is 4.60. The Kier molecular flexibility index (Phi) is 3.39. The van der Waals surface area contributed by atoms with E-state index >= 15 is 0 Å². The minimum atomic E-state index is -4.79. The third-order valence-corrected chi connectivity index (χ3v) is 3.14. The van der Waals surface area contributed by atoms with Gasteiger partial charge in [-0.05, 0) is 24.3 Å². The number of benzene rings is 2. The Morgan fingerprint density at radius 1 is 0.957 bits per heavy atom. The fourth-order valence-corrected chi connectivity index (χ4v) is 2.13. The molecule has 0 unspecified atom stereocenters. The van der Waals surface area contributed by atoms with E-state index in [0.717, 1.165) is 36.4 Å². The fraction of sp³-hybridized carbons (Fsp3) is 0.0667. The molecule has 0 spiro atoms. The third-order valence-electron chi connectivity index (χ3n) is 3.14. The minimum absolute atomic E-state index is 0.430. The largest absolute Gasteiger partial charge is 0.418 e. The van der Waals surface area contributed by atoms with E-state index in [9.17, 15) is 26.7 Å². The van der Waals surface area contributed by atoms with Gasteiger partial charge in [0, 0.05) is 0 Å². The summed E-state index contributed by atoms with van der Waals surface area (Å²) in [5.74, 6) is -3.07. The van der Waals surface area contributed by atoms with E-state index in [-0.39, 0.29) is 0 Å². The third kappa shape index (κ3) is 2.56. The van der Waals surface area contributed by atoms with Gasteiger partial charge in [0.1, 0.15) is 17.2 Å². The molecule has 0 aliphatic carbocycles. The zero-order valence-corrected chi connectivity index (χ0v) is 11.1. The van der Waals surface area contributed by atoms with E-state index < -0.39 is 51.4 Å². The molecule has 0 aliphatic heterocycles. The van der Waals surface area contributed by atoms with Gasteiger partial charge in [0.2, 0.25) is 5.89 Å². The first-order valence-electron chi connectivity index (χ1n) is 6.24. The van der Waals surface area contributed by atoms with Crippen molar-refractivity contribution in [1.29, 1.82) is 0 Å². The lowest BCUT2D eigenvalue weighted by Crippen LogP contribution is -2.11. The van der Waals surface area contributed by atoms with E-state index in [4.69, 9.17) is 4.42 Å². The molecule has 3 aromatic rings. The van der Waals surface area contributed by atoms with Crippen molar-refractivity contribution in [2.45, 2.75) is 6.18 Å². The second-order valence-corrected chi connectivity index (χ2v) is 4.60. The SMILES string of the molecule is O=c1oc(-c2c(F)cccc2F)nc2c(C(F)(F)F)cccc12. The lowest BCUT2D eigenvalue weighted by atomic mass is 10.1. The number of aromatic nitrogens is 1. The van der Waals surface area contributed by atoms with Crippen LogP contribution in [-0.2, 0) is 6.18 Å². The molecule has 23 heavy (non-hydrogen) atoms. The smallest absolute Gasteiger partial charge is 0.403 e. The predicted molar refractivity (Wildman–Crippen MR) is 70.6 cm³/mol. The molecular formula is C15H6F5NO2. The number of nitrogens with zero attached hydrogens (tertiary/aromatic N) is 1. The summed E-state index contributed by atoms with van der Waals surface area (Å²) in [5, 5.41) is -0.430. The quantitative estimate of drug-likeness (QED) is 0.631. The van der Waals surface area contributed by atoms with Gasteiger partial charge in [-0.2, -0.15) is 13.2 Å². The molecular weight excluding hydrogens is 321 g/mol. The van der Waals surface area contributed by atoms with Gasteiger partial charge < -0.3 is 4.42 Å². The summed E-state index contributed by atoms with van der Waals surface area (Å²) < 4.78 is 71.2. The van der Waals surface area contributed by atoms with Gasteiger partial charge in [-0.15, -0.1) is 0 Å². The summed E-state index contributed by atoms with van der Waals surface area (Å²) in [7, 11) is 0. The normalized spacial score (nSPS) is 11.9. The lowest BCUT2D eigenvalue weighted by molar-refractivity contribution is -0.136. The number of rotatable bonds is 1. The average molecular weight is 327 g/mol. The highest BCUT2D eigenvalue weighted by Gasteiger charge is 2.34. The lowest BCUT2D eigenvalue weighted by Gasteiger charge is -2.10. The molecule has 0 radical (unpaired) electrons. The maximum atomic E-state index is 13.7. The Hall–Kier alpha value is -2.77. The summed E-state index contributed by atoms with van der Waals surface area (Å²) in [5.41, 5.74) is -3.89. The molecule has 118 valence electrons. The van der Waals surface area contributed by atoms with E-state index in [2.05, 4.69) is 4.98 Å². The number of fused-ring (bicyclic) bond motifs is 1. The fourth-order valence-electron chi connectivity index (χ4n) is 2.13. The Labute approximate surface area is 125 Å². The van der Waals surface area contributed by atoms with Crippen LogP contribution in [-0.4, -0.2) is 4.98 Å². The van der Waals surface area contributed by atoms with Crippen molar-refractivity contribution in [3.8, 4) is 11.5 Å². The van der Waals surface area contributed by atoms with Crippen LogP contribution in [0.15, 0.2) is 45.6 Å². The average Bonchev–Trinajstić information content (AvgIpc) is 2.45. The highest BCUT2D eigenvalue weighted by molar-refractivity contribution is 5.82. The van der Waals surface area contributed by atoms with Gasteiger partial charge in [-0.25, -0.2) is 18.6 Å². The Bertz CT molecular complexity index is 942. The molecule has 3 rings (SSSR count). The Balaban J connectivity index is 2.40. The molecule has 0 aliphatic rings. The van der Waals surface area contributed by atoms with Gasteiger partial charge >= 0.3 is 11.8 Å². The van der Waals surface area contributed by atoms with Gasteiger partial charge in [-0.3, -0.25) is 0 Å².